The lowest BCUT2D eigenvalue weighted by Crippen LogP contribution is -1.91. The Morgan fingerprint density at radius 3 is 2.60 bits per heavy atom. The lowest BCUT2D eigenvalue weighted by Gasteiger charge is -2.08. The summed E-state index contributed by atoms with van der Waals surface area (Å²) in [6.07, 6.45) is 8.31. The van der Waals surface area contributed by atoms with Crippen LogP contribution in [0.2, 0.25) is 0 Å². The highest BCUT2D eigenvalue weighted by molar-refractivity contribution is 5.69. The van der Waals surface area contributed by atoms with E-state index < -0.39 is 0 Å². The monoisotopic (exact) mass is 200 g/mol. The van der Waals surface area contributed by atoms with Gasteiger partial charge in [-0.15, -0.1) is 0 Å². The van der Waals surface area contributed by atoms with Crippen LogP contribution < -0.4 is 0 Å². The molecule has 0 spiro atoms. The molecule has 2 nitrogen and oxygen atoms in total. The minimum Gasteiger partial charge on any atom is -0.507 e. The average molecular weight is 200 g/mol. The zero-order valence-electron chi connectivity index (χ0n) is 8.22. The minimum atomic E-state index is 0.102. The van der Waals surface area contributed by atoms with Crippen molar-refractivity contribution in [2.75, 3.05) is 0 Å². The van der Waals surface area contributed by atoms with E-state index in [-0.39, 0.29) is 11.5 Å². The highest BCUT2D eigenvalue weighted by Crippen LogP contribution is 2.27. The molecular weight excluding hydrogens is 188 g/mol. The summed E-state index contributed by atoms with van der Waals surface area (Å²) in [7, 11) is 0. The molecule has 0 amide bonds. The summed E-state index contributed by atoms with van der Waals surface area (Å²) in [5.74, 6) is 0.249. The molecular formula is C13H12O2. The minimum absolute atomic E-state index is 0.102. The summed E-state index contributed by atoms with van der Waals surface area (Å²) < 4.78 is 0. The molecule has 0 bridgehead atoms. The standard InChI is InChI=1S/C13H12O2/c14-12-9-5-4-8-11(12)13(15)10-6-2-1-3-7-10/h1-6,8-9,14-15H,7H2. The summed E-state index contributed by atoms with van der Waals surface area (Å²) in [6, 6.07) is 6.78. The number of para-hydroxylation sites is 1. The van der Waals surface area contributed by atoms with E-state index in [9.17, 15) is 10.2 Å². The van der Waals surface area contributed by atoms with E-state index >= 15 is 0 Å². The number of allylic oxidation sites excluding steroid dienone is 5. The van der Waals surface area contributed by atoms with Gasteiger partial charge in [0.2, 0.25) is 0 Å². The Bertz CT molecular complexity index is 453. The van der Waals surface area contributed by atoms with Crippen molar-refractivity contribution in [3.05, 3.63) is 59.7 Å². The van der Waals surface area contributed by atoms with Crippen molar-refractivity contribution >= 4 is 5.76 Å². The number of aromatic hydroxyl groups is 1. The Balaban J connectivity index is 2.43. The number of benzene rings is 1. The molecule has 0 unspecified atom stereocenters. The Kier molecular flexibility index (Phi) is 2.59. The summed E-state index contributed by atoms with van der Waals surface area (Å²) in [5, 5.41) is 19.5. The molecule has 2 N–H and O–H groups in total. The third-order valence-corrected chi connectivity index (χ3v) is 2.35. The van der Waals surface area contributed by atoms with Crippen LogP contribution in [0.4, 0.5) is 0 Å². The molecule has 15 heavy (non-hydrogen) atoms. The van der Waals surface area contributed by atoms with Gasteiger partial charge in [0.05, 0.1) is 5.56 Å². The van der Waals surface area contributed by atoms with E-state index in [0.29, 0.717) is 12.0 Å². The Morgan fingerprint density at radius 2 is 1.93 bits per heavy atom. The SMILES string of the molecule is OC(=C1C=CC=CC1)c1ccccc1O. The molecule has 0 heterocycles. The van der Waals surface area contributed by atoms with Crippen LogP contribution >= 0.6 is 0 Å². The molecule has 1 aromatic carbocycles. The smallest absolute Gasteiger partial charge is 0.130 e. The van der Waals surface area contributed by atoms with Gasteiger partial charge in [-0.05, 0) is 24.1 Å². The van der Waals surface area contributed by atoms with Gasteiger partial charge in [0.15, 0.2) is 0 Å². The second-order valence-electron chi connectivity index (χ2n) is 3.38. The quantitative estimate of drug-likeness (QED) is 0.683. The third kappa shape index (κ3) is 1.94. The van der Waals surface area contributed by atoms with Gasteiger partial charge in [0.1, 0.15) is 11.5 Å². The fourth-order valence-electron chi connectivity index (χ4n) is 1.54. The van der Waals surface area contributed by atoms with Crippen LogP contribution in [0, 0.1) is 0 Å². The summed E-state index contributed by atoms with van der Waals surface area (Å²) in [6.45, 7) is 0. The van der Waals surface area contributed by atoms with Crippen molar-refractivity contribution in [1.82, 2.24) is 0 Å². The molecule has 0 fully saturated rings. The van der Waals surface area contributed by atoms with Crippen molar-refractivity contribution in [2.24, 2.45) is 0 Å². The lowest BCUT2D eigenvalue weighted by atomic mass is 10.0. The van der Waals surface area contributed by atoms with E-state index in [1.54, 1.807) is 24.3 Å². The maximum atomic E-state index is 9.96. The first-order valence-electron chi connectivity index (χ1n) is 4.83. The number of aliphatic hydroxyl groups is 1. The van der Waals surface area contributed by atoms with Gasteiger partial charge in [0, 0.05) is 0 Å². The van der Waals surface area contributed by atoms with Gasteiger partial charge in [-0.25, -0.2) is 0 Å². The van der Waals surface area contributed by atoms with Crippen molar-refractivity contribution in [2.45, 2.75) is 6.42 Å². The molecule has 0 radical (unpaired) electrons. The Morgan fingerprint density at radius 1 is 1.13 bits per heavy atom. The predicted octanol–water partition coefficient (Wildman–Crippen LogP) is 3.18. The summed E-state index contributed by atoms with van der Waals surface area (Å²) >= 11 is 0. The maximum absolute atomic E-state index is 9.96. The molecule has 0 aromatic heterocycles. The van der Waals surface area contributed by atoms with Crippen LogP contribution in [-0.4, -0.2) is 10.2 Å². The summed E-state index contributed by atoms with van der Waals surface area (Å²) in [5.41, 5.74) is 1.30. The number of phenolic OH excluding ortho intramolecular Hbond substituents is 1. The van der Waals surface area contributed by atoms with Crippen LogP contribution in [0.25, 0.3) is 5.76 Å². The Labute approximate surface area is 88.5 Å². The van der Waals surface area contributed by atoms with E-state index in [1.807, 2.05) is 24.3 Å². The number of phenols is 1. The molecule has 0 saturated heterocycles. The van der Waals surface area contributed by atoms with Crippen molar-refractivity contribution < 1.29 is 10.2 Å². The molecule has 0 atom stereocenters. The van der Waals surface area contributed by atoms with Crippen LogP contribution in [0.5, 0.6) is 5.75 Å². The van der Waals surface area contributed by atoms with E-state index in [0.717, 1.165) is 5.57 Å². The molecule has 76 valence electrons. The van der Waals surface area contributed by atoms with Gasteiger partial charge < -0.3 is 10.2 Å². The highest BCUT2D eigenvalue weighted by Gasteiger charge is 2.09. The van der Waals surface area contributed by atoms with Crippen molar-refractivity contribution in [3.63, 3.8) is 0 Å². The van der Waals surface area contributed by atoms with E-state index in [4.69, 9.17) is 0 Å². The number of rotatable bonds is 1. The van der Waals surface area contributed by atoms with Crippen LogP contribution in [0.15, 0.2) is 54.1 Å². The van der Waals surface area contributed by atoms with Crippen LogP contribution in [0.3, 0.4) is 0 Å². The maximum Gasteiger partial charge on any atom is 0.130 e. The van der Waals surface area contributed by atoms with Gasteiger partial charge in [-0.2, -0.15) is 0 Å². The Hall–Kier alpha value is -1.96. The number of hydrogen-bond donors (Lipinski definition) is 2. The molecule has 1 aromatic rings. The van der Waals surface area contributed by atoms with Gasteiger partial charge in [-0.3, -0.25) is 0 Å². The number of hydrogen-bond acceptors (Lipinski definition) is 2. The predicted molar refractivity (Wildman–Crippen MR) is 60.6 cm³/mol. The van der Waals surface area contributed by atoms with Crippen molar-refractivity contribution in [1.29, 1.82) is 0 Å². The average Bonchev–Trinajstić information content (AvgIpc) is 2.30. The fraction of sp³-hybridized carbons (Fsp3) is 0.0769. The molecule has 2 rings (SSSR count). The zero-order valence-corrected chi connectivity index (χ0v) is 8.22. The highest BCUT2D eigenvalue weighted by atomic mass is 16.3. The van der Waals surface area contributed by atoms with Crippen molar-refractivity contribution in [3.8, 4) is 5.75 Å². The first-order valence-corrected chi connectivity index (χ1v) is 4.83. The first kappa shape index (κ1) is 9.59. The normalized spacial score (nSPS) is 17.9. The van der Waals surface area contributed by atoms with Gasteiger partial charge >= 0.3 is 0 Å². The zero-order chi connectivity index (χ0) is 10.7. The lowest BCUT2D eigenvalue weighted by molar-refractivity contribution is 0.459. The van der Waals surface area contributed by atoms with Gasteiger partial charge in [-0.1, -0.05) is 36.4 Å². The van der Waals surface area contributed by atoms with Crippen LogP contribution in [-0.2, 0) is 0 Å². The summed E-state index contributed by atoms with van der Waals surface area (Å²) in [4.78, 5) is 0. The molecule has 1 aliphatic carbocycles. The third-order valence-electron chi connectivity index (χ3n) is 2.35. The molecule has 0 aliphatic heterocycles. The molecule has 0 saturated carbocycles. The largest absolute Gasteiger partial charge is 0.507 e. The molecule has 2 heteroatoms. The van der Waals surface area contributed by atoms with E-state index in [1.165, 1.54) is 0 Å². The van der Waals surface area contributed by atoms with E-state index in [2.05, 4.69) is 0 Å². The molecule has 1 aliphatic rings. The van der Waals surface area contributed by atoms with Gasteiger partial charge in [0.25, 0.3) is 0 Å². The number of aliphatic hydroxyl groups excluding tert-OH is 1. The topological polar surface area (TPSA) is 40.5 Å². The van der Waals surface area contributed by atoms with Crippen LogP contribution in [0.1, 0.15) is 12.0 Å². The fourth-order valence-corrected chi connectivity index (χ4v) is 1.54. The second kappa shape index (κ2) is 4.05. The first-order chi connectivity index (χ1) is 7.29. The second-order valence-corrected chi connectivity index (χ2v) is 3.38.